The molecular weight excluding hydrogens is 162 g/mol. The summed E-state index contributed by atoms with van der Waals surface area (Å²) in [6, 6.07) is 8.28. The van der Waals surface area contributed by atoms with E-state index >= 15 is 0 Å². The second-order valence-electron chi connectivity index (χ2n) is 1.76. The van der Waals surface area contributed by atoms with Crippen molar-refractivity contribution in [1.82, 2.24) is 0 Å². The van der Waals surface area contributed by atoms with E-state index < -0.39 is 0 Å². The van der Waals surface area contributed by atoms with Gasteiger partial charge in [0, 0.05) is 12.1 Å². The molecule has 0 N–H and O–H groups in total. The van der Waals surface area contributed by atoms with E-state index in [0.717, 1.165) is 0 Å². The Bertz CT molecular complexity index is 271. The fourth-order valence-electron chi connectivity index (χ4n) is 0.603. The number of nitriles is 1. The smallest absolute Gasteiger partial charge is 0.385 e. The van der Waals surface area contributed by atoms with Crippen LogP contribution in [0.2, 0.25) is 0 Å². The number of nitrogens with zero attached hydrogens (tertiary/aromatic N) is 3. The number of hydrogen-bond donors (Lipinski definition) is 0. The molecule has 0 aliphatic rings. The molecule has 0 spiro atoms. The van der Waals surface area contributed by atoms with Crippen LogP contribution in [-0.2, 0) is 0 Å². The third kappa shape index (κ3) is 2.25. The molecule has 0 saturated heterocycles. The highest BCUT2D eigenvalue weighted by Crippen LogP contribution is 2.11. The molecular formula is C7H4ClN3. The summed E-state index contributed by atoms with van der Waals surface area (Å²) in [4.78, 5) is 2.94. The van der Waals surface area contributed by atoms with Crippen molar-refractivity contribution in [1.29, 1.82) is 10.7 Å². The molecule has 0 fully saturated rings. The van der Waals surface area contributed by atoms with Crippen molar-refractivity contribution in [2.24, 2.45) is 0 Å². The van der Waals surface area contributed by atoms with Crippen LogP contribution in [0.1, 0.15) is 5.56 Å². The molecule has 11 heavy (non-hydrogen) atoms. The third-order valence-electron chi connectivity index (χ3n) is 1.11. The molecule has 0 bridgehead atoms. The second kappa shape index (κ2) is 4.27. The summed E-state index contributed by atoms with van der Waals surface area (Å²) >= 11 is 0. The van der Waals surface area contributed by atoms with E-state index in [1.54, 1.807) is 24.3 Å². The molecule has 1 rings (SSSR count). The van der Waals surface area contributed by atoms with Gasteiger partial charge in [0.05, 0.1) is 11.6 Å². The monoisotopic (exact) mass is 165 g/mol. The van der Waals surface area contributed by atoms with Gasteiger partial charge in [0.1, 0.15) is 0 Å². The summed E-state index contributed by atoms with van der Waals surface area (Å²) in [6.07, 6.45) is 0. The first-order chi connectivity index (χ1) is 4.86. The lowest BCUT2D eigenvalue weighted by atomic mass is 10.2. The van der Waals surface area contributed by atoms with Gasteiger partial charge in [0.25, 0.3) is 0 Å². The number of halogens is 1. The molecule has 0 saturated carbocycles. The molecule has 1 aromatic rings. The Balaban J connectivity index is 0.000001000. The van der Waals surface area contributed by atoms with Gasteiger partial charge in [0.15, 0.2) is 4.98 Å². The lowest BCUT2D eigenvalue weighted by molar-refractivity contribution is -0.00000248. The first-order valence-corrected chi connectivity index (χ1v) is 2.72. The van der Waals surface area contributed by atoms with Gasteiger partial charge >= 0.3 is 5.69 Å². The minimum atomic E-state index is 0. The highest BCUT2D eigenvalue weighted by atomic mass is 35.5. The molecule has 0 unspecified atom stereocenters. The van der Waals surface area contributed by atoms with Gasteiger partial charge in [-0.1, -0.05) is 0 Å². The van der Waals surface area contributed by atoms with Gasteiger partial charge in [-0.15, -0.1) is 0 Å². The standard InChI is InChI=1S/C7H4N3.ClH/c8-5-6-1-3-7(10-9)4-2-6;/h1-4H;1H/q+1;/p-1. The van der Waals surface area contributed by atoms with Gasteiger partial charge in [-0.05, 0) is 12.1 Å². The van der Waals surface area contributed by atoms with Crippen molar-refractivity contribution in [2.75, 3.05) is 0 Å². The summed E-state index contributed by atoms with van der Waals surface area (Å²) in [5, 5.41) is 16.6. The number of diazo groups is 1. The average Bonchev–Trinajstić information content (AvgIpc) is 2.05. The number of rotatable bonds is 0. The van der Waals surface area contributed by atoms with Crippen LogP contribution < -0.4 is 12.4 Å². The zero-order valence-corrected chi connectivity index (χ0v) is 6.28. The summed E-state index contributed by atoms with van der Waals surface area (Å²) in [7, 11) is 0. The molecule has 0 radical (unpaired) electrons. The van der Waals surface area contributed by atoms with Crippen molar-refractivity contribution in [3.63, 3.8) is 0 Å². The molecule has 4 heteroatoms. The van der Waals surface area contributed by atoms with Crippen LogP contribution in [0.15, 0.2) is 24.3 Å². The number of benzene rings is 1. The Labute approximate surface area is 70.3 Å². The van der Waals surface area contributed by atoms with E-state index in [2.05, 4.69) is 4.98 Å². The Kier molecular flexibility index (Phi) is 3.66. The maximum Gasteiger partial charge on any atom is 0.385 e. The minimum Gasteiger partial charge on any atom is -1.00 e. The maximum atomic E-state index is 8.36. The van der Waals surface area contributed by atoms with Gasteiger partial charge in [-0.25, -0.2) is 0 Å². The van der Waals surface area contributed by atoms with E-state index in [-0.39, 0.29) is 12.4 Å². The van der Waals surface area contributed by atoms with Gasteiger partial charge in [-0.2, -0.15) is 5.26 Å². The Hall–Kier alpha value is -1.58. The first-order valence-electron chi connectivity index (χ1n) is 2.72. The fourth-order valence-corrected chi connectivity index (χ4v) is 0.603. The van der Waals surface area contributed by atoms with Crippen LogP contribution in [0.3, 0.4) is 0 Å². The molecule has 0 aliphatic carbocycles. The third-order valence-corrected chi connectivity index (χ3v) is 1.11. The van der Waals surface area contributed by atoms with Crippen LogP contribution in [0, 0.1) is 16.7 Å². The zero-order chi connectivity index (χ0) is 7.40. The Morgan fingerprint density at radius 3 is 2.09 bits per heavy atom. The van der Waals surface area contributed by atoms with Crippen molar-refractivity contribution < 1.29 is 12.4 Å². The molecule has 0 amide bonds. The van der Waals surface area contributed by atoms with E-state index in [4.69, 9.17) is 10.7 Å². The zero-order valence-electron chi connectivity index (χ0n) is 5.53. The molecule has 0 heterocycles. The minimum absolute atomic E-state index is 0. The first kappa shape index (κ1) is 9.42. The van der Waals surface area contributed by atoms with Gasteiger partial charge in [0.2, 0.25) is 5.39 Å². The van der Waals surface area contributed by atoms with E-state index in [9.17, 15) is 0 Å². The lowest BCUT2D eigenvalue weighted by Crippen LogP contribution is -3.00. The summed E-state index contributed by atoms with van der Waals surface area (Å²) in [5.41, 5.74) is 1.02. The lowest BCUT2D eigenvalue weighted by Gasteiger charge is -1.78. The highest BCUT2D eigenvalue weighted by Gasteiger charge is 2.00. The van der Waals surface area contributed by atoms with Gasteiger partial charge < -0.3 is 12.4 Å². The van der Waals surface area contributed by atoms with E-state index in [1.165, 1.54) is 0 Å². The maximum absolute atomic E-state index is 8.36. The topological polar surface area (TPSA) is 51.9 Å². The molecule has 0 aliphatic heterocycles. The average molecular weight is 166 g/mol. The summed E-state index contributed by atoms with van der Waals surface area (Å²) < 4.78 is 0. The van der Waals surface area contributed by atoms with Crippen molar-refractivity contribution in [3.8, 4) is 6.07 Å². The number of hydrogen-bond acceptors (Lipinski definition) is 2. The van der Waals surface area contributed by atoms with Gasteiger partial charge in [-0.3, -0.25) is 0 Å². The predicted molar refractivity (Wildman–Crippen MR) is 35.9 cm³/mol. The second-order valence-corrected chi connectivity index (χ2v) is 1.76. The van der Waals surface area contributed by atoms with Crippen LogP contribution in [0.4, 0.5) is 5.69 Å². The van der Waals surface area contributed by atoms with E-state index in [1.807, 2.05) is 6.07 Å². The predicted octanol–water partition coefficient (Wildman–Crippen LogP) is -0.953. The van der Waals surface area contributed by atoms with Crippen molar-refractivity contribution >= 4 is 5.69 Å². The molecule has 54 valence electrons. The summed E-state index contributed by atoms with van der Waals surface area (Å²) in [6.45, 7) is 0. The molecule has 1 aromatic carbocycles. The fraction of sp³-hybridized carbons (Fsp3) is 0. The molecule has 3 nitrogen and oxygen atoms in total. The van der Waals surface area contributed by atoms with Crippen molar-refractivity contribution in [2.45, 2.75) is 0 Å². The Morgan fingerprint density at radius 2 is 1.73 bits per heavy atom. The highest BCUT2D eigenvalue weighted by molar-refractivity contribution is 5.47. The van der Waals surface area contributed by atoms with Crippen LogP contribution in [-0.4, -0.2) is 0 Å². The summed E-state index contributed by atoms with van der Waals surface area (Å²) in [5.74, 6) is 0. The SMILES string of the molecule is N#Cc1ccc([N+]#N)cc1.[Cl-]. The Morgan fingerprint density at radius 1 is 1.18 bits per heavy atom. The van der Waals surface area contributed by atoms with E-state index in [0.29, 0.717) is 11.3 Å². The normalized spacial score (nSPS) is 7.09. The molecule has 0 aromatic heterocycles. The van der Waals surface area contributed by atoms with Crippen molar-refractivity contribution in [3.05, 3.63) is 34.8 Å². The largest absolute Gasteiger partial charge is 1.00 e. The van der Waals surface area contributed by atoms with Crippen LogP contribution in [0.25, 0.3) is 4.98 Å². The molecule has 0 atom stereocenters. The quantitative estimate of drug-likeness (QED) is 0.466. The van der Waals surface area contributed by atoms with Crippen LogP contribution >= 0.6 is 0 Å². The van der Waals surface area contributed by atoms with Crippen LogP contribution in [0.5, 0.6) is 0 Å².